The van der Waals surface area contributed by atoms with Crippen LogP contribution in [0.2, 0.25) is 0 Å². The van der Waals surface area contributed by atoms with Crippen molar-refractivity contribution >= 4 is 12.1 Å². The van der Waals surface area contributed by atoms with E-state index in [4.69, 9.17) is 0 Å². The van der Waals surface area contributed by atoms with E-state index in [1.54, 1.807) is 18.3 Å². The highest BCUT2D eigenvalue weighted by Gasteiger charge is 2.20. The Morgan fingerprint density at radius 1 is 1.43 bits per heavy atom. The Morgan fingerprint density at radius 2 is 2.19 bits per heavy atom. The first-order chi connectivity index (χ1) is 10.2. The summed E-state index contributed by atoms with van der Waals surface area (Å²) in [5.74, 6) is 0.302. The Hall–Kier alpha value is -1.88. The average Bonchev–Trinajstić information content (AvgIpc) is 2.51. The molecule has 21 heavy (non-hydrogen) atoms. The molecule has 2 N–H and O–H groups in total. The minimum atomic E-state index is -0.208. The van der Waals surface area contributed by atoms with Gasteiger partial charge in [0.2, 0.25) is 0 Å². The molecule has 0 aliphatic heterocycles. The van der Waals surface area contributed by atoms with Crippen LogP contribution < -0.4 is 5.32 Å². The molecule has 1 fully saturated rings. The Morgan fingerprint density at radius 3 is 2.86 bits per heavy atom. The van der Waals surface area contributed by atoms with Crippen LogP contribution in [-0.2, 0) is 4.84 Å². The van der Waals surface area contributed by atoms with Crippen molar-refractivity contribution in [3.8, 4) is 0 Å². The fourth-order valence-electron chi connectivity index (χ4n) is 2.62. The monoisotopic (exact) mass is 290 g/mol. The summed E-state index contributed by atoms with van der Waals surface area (Å²) in [5.41, 5.74) is 1.50. The third-order valence-electron chi connectivity index (χ3n) is 3.79. The molecule has 1 amide bonds. The van der Waals surface area contributed by atoms with E-state index in [0.29, 0.717) is 18.0 Å². The summed E-state index contributed by atoms with van der Waals surface area (Å²) >= 11 is 0. The minimum absolute atomic E-state index is 0.0784. The molecule has 1 aliphatic carbocycles. The van der Waals surface area contributed by atoms with Crippen LogP contribution >= 0.6 is 0 Å². The molecule has 2 atom stereocenters. The number of hydrogen-bond donors (Lipinski definition) is 2. The molecule has 0 heterocycles. The van der Waals surface area contributed by atoms with Gasteiger partial charge in [-0.05, 0) is 42.9 Å². The molecular formula is C16H22N2O3. The molecule has 5 nitrogen and oxygen atoms in total. The first-order valence-corrected chi connectivity index (χ1v) is 7.32. The van der Waals surface area contributed by atoms with Crippen LogP contribution in [0, 0.1) is 5.92 Å². The Labute approximate surface area is 125 Å². The van der Waals surface area contributed by atoms with E-state index in [9.17, 15) is 9.90 Å². The fraction of sp³-hybridized carbons (Fsp3) is 0.500. The number of carbonyl (C=O) groups excluding carboxylic acids is 1. The van der Waals surface area contributed by atoms with Gasteiger partial charge in [0.15, 0.2) is 0 Å². The largest absolute Gasteiger partial charge is 0.399 e. The summed E-state index contributed by atoms with van der Waals surface area (Å²) in [6.45, 7) is 0.628. The molecule has 1 aromatic rings. The summed E-state index contributed by atoms with van der Waals surface area (Å²) in [6, 6.07) is 7.17. The molecule has 0 bridgehead atoms. The van der Waals surface area contributed by atoms with Crippen LogP contribution in [0.4, 0.5) is 0 Å². The summed E-state index contributed by atoms with van der Waals surface area (Å²) in [6.07, 6.45) is 5.16. The molecule has 1 aliphatic rings. The van der Waals surface area contributed by atoms with Crippen molar-refractivity contribution in [1.82, 2.24) is 5.32 Å². The number of amides is 1. The van der Waals surface area contributed by atoms with E-state index in [-0.39, 0.29) is 12.0 Å². The summed E-state index contributed by atoms with van der Waals surface area (Å²) < 4.78 is 0. The van der Waals surface area contributed by atoms with Crippen LogP contribution in [0.3, 0.4) is 0 Å². The van der Waals surface area contributed by atoms with Gasteiger partial charge in [0.05, 0.1) is 12.3 Å². The second-order valence-electron chi connectivity index (χ2n) is 5.44. The summed E-state index contributed by atoms with van der Waals surface area (Å²) in [5, 5.41) is 16.2. The van der Waals surface area contributed by atoms with Gasteiger partial charge >= 0.3 is 0 Å². The highest BCUT2D eigenvalue weighted by Crippen LogP contribution is 2.23. The lowest BCUT2D eigenvalue weighted by atomic mass is 9.87. The van der Waals surface area contributed by atoms with Crippen LogP contribution in [0.1, 0.15) is 41.6 Å². The predicted octanol–water partition coefficient (Wildman–Crippen LogP) is 1.95. The zero-order chi connectivity index (χ0) is 15.1. The smallest absolute Gasteiger partial charge is 0.251 e. The topological polar surface area (TPSA) is 70.9 Å². The number of hydrogen-bond acceptors (Lipinski definition) is 4. The number of benzene rings is 1. The SMILES string of the molecule is CON=Cc1ccc(C(=O)NCC2CCCC(O)C2)cc1. The minimum Gasteiger partial charge on any atom is -0.399 e. The zero-order valence-corrected chi connectivity index (χ0v) is 12.3. The Kier molecular flexibility index (Phi) is 5.75. The van der Waals surface area contributed by atoms with Gasteiger partial charge in [-0.25, -0.2) is 0 Å². The molecule has 1 aromatic carbocycles. The molecule has 2 unspecified atom stereocenters. The molecule has 2 rings (SSSR count). The van der Waals surface area contributed by atoms with Crippen molar-refractivity contribution < 1.29 is 14.7 Å². The van der Waals surface area contributed by atoms with Gasteiger partial charge in [-0.1, -0.05) is 23.7 Å². The van der Waals surface area contributed by atoms with Crippen LogP contribution in [0.15, 0.2) is 29.4 Å². The third kappa shape index (κ3) is 4.86. The number of aliphatic hydroxyl groups is 1. The number of nitrogens with zero attached hydrogens (tertiary/aromatic N) is 1. The number of nitrogens with one attached hydrogen (secondary N) is 1. The van der Waals surface area contributed by atoms with E-state index >= 15 is 0 Å². The molecule has 0 spiro atoms. The fourth-order valence-corrected chi connectivity index (χ4v) is 2.62. The summed E-state index contributed by atoms with van der Waals surface area (Å²) in [7, 11) is 1.49. The van der Waals surface area contributed by atoms with Gasteiger partial charge in [-0.2, -0.15) is 0 Å². The Bertz CT molecular complexity index is 485. The molecule has 1 saturated carbocycles. The van der Waals surface area contributed by atoms with E-state index in [1.807, 2.05) is 12.1 Å². The lowest BCUT2D eigenvalue weighted by molar-refractivity contribution is 0.0874. The summed E-state index contributed by atoms with van der Waals surface area (Å²) in [4.78, 5) is 16.7. The van der Waals surface area contributed by atoms with Crippen molar-refractivity contribution in [1.29, 1.82) is 0 Å². The lowest BCUT2D eigenvalue weighted by Gasteiger charge is -2.25. The zero-order valence-electron chi connectivity index (χ0n) is 12.3. The van der Waals surface area contributed by atoms with Crippen LogP contribution in [0.25, 0.3) is 0 Å². The molecule has 0 saturated heterocycles. The van der Waals surface area contributed by atoms with Crippen LogP contribution in [0.5, 0.6) is 0 Å². The van der Waals surface area contributed by atoms with E-state index < -0.39 is 0 Å². The standard InChI is InChI=1S/C16H22N2O3/c1-21-18-11-12-5-7-14(8-6-12)16(20)17-10-13-3-2-4-15(19)9-13/h5-8,11,13,15,19H,2-4,9-10H2,1H3,(H,17,20). The third-order valence-corrected chi connectivity index (χ3v) is 3.79. The van der Waals surface area contributed by atoms with E-state index in [0.717, 1.165) is 31.2 Å². The highest BCUT2D eigenvalue weighted by atomic mass is 16.6. The number of rotatable bonds is 5. The van der Waals surface area contributed by atoms with E-state index in [1.165, 1.54) is 7.11 Å². The second-order valence-corrected chi connectivity index (χ2v) is 5.44. The quantitative estimate of drug-likeness (QED) is 0.643. The highest BCUT2D eigenvalue weighted by molar-refractivity contribution is 5.95. The maximum Gasteiger partial charge on any atom is 0.251 e. The first-order valence-electron chi connectivity index (χ1n) is 7.32. The van der Waals surface area contributed by atoms with Gasteiger partial charge in [0, 0.05) is 12.1 Å². The normalized spacial score (nSPS) is 22.2. The number of carbonyl (C=O) groups is 1. The van der Waals surface area contributed by atoms with Crippen molar-refractivity contribution in [2.45, 2.75) is 31.8 Å². The second kappa shape index (κ2) is 7.78. The van der Waals surface area contributed by atoms with Gasteiger partial charge in [-0.15, -0.1) is 0 Å². The van der Waals surface area contributed by atoms with Crippen molar-refractivity contribution in [3.05, 3.63) is 35.4 Å². The van der Waals surface area contributed by atoms with Crippen molar-refractivity contribution in [2.24, 2.45) is 11.1 Å². The van der Waals surface area contributed by atoms with E-state index in [2.05, 4.69) is 15.3 Å². The first kappa shape index (κ1) is 15.5. The van der Waals surface area contributed by atoms with Gasteiger partial charge < -0.3 is 15.3 Å². The maximum atomic E-state index is 12.1. The maximum absolute atomic E-state index is 12.1. The number of oxime groups is 1. The van der Waals surface area contributed by atoms with Gasteiger partial charge in [0.1, 0.15) is 7.11 Å². The Balaban J connectivity index is 1.84. The molecule has 114 valence electrons. The lowest BCUT2D eigenvalue weighted by Crippen LogP contribution is -2.32. The van der Waals surface area contributed by atoms with Crippen molar-refractivity contribution in [2.75, 3.05) is 13.7 Å². The molecule has 0 aromatic heterocycles. The molecular weight excluding hydrogens is 268 g/mol. The van der Waals surface area contributed by atoms with Crippen LogP contribution in [-0.4, -0.2) is 37.0 Å². The number of aliphatic hydroxyl groups excluding tert-OH is 1. The molecule has 5 heteroatoms. The predicted molar refractivity (Wildman–Crippen MR) is 81.3 cm³/mol. The van der Waals surface area contributed by atoms with Gasteiger partial charge in [-0.3, -0.25) is 4.79 Å². The van der Waals surface area contributed by atoms with Gasteiger partial charge in [0.25, 0.3) is 5.91 Å². The molecule has 0 radical (unpaired) electrons. The van der Waals surface area contributed by atoms with Crippen molar-refractivity contribution in [3.63, 3.8) is 0 Å². The average molecular weight is 290 g/mol.